The van der Waals surface area contributed by atoms with Gasteiger partial charge in [0, 0.05) is 18.1 Å². The molecule has 2 aromatic carbocycles. The smallest absolute Gasteiger partial charge is 0.416 e. The number of benzene rings is 2. The minimum Gasteiger partial charge on any atom is -0.477 e. The van der Waals surface area contributed by atoms with E-state index in [0.717, 1.165) is 18.2 Å². The second kappa shape index (κ2) is 8.64. The van der Waals surface area contributed by atoms with Gasteiger partial charge in [0.2, 0.25) is 0 Å². The number of aliphatic hydroxyl groups is 2. The van der Waals surface area contributed by atoms with Crippen LogP contribution in [0.1, 0.15) is 21.5 Å². The first-order valence-electron chi connectivity index (χ1n) is 7.82. The SMILES string of the molecule is O=C(O)c1cc(Oc2ccc(C(F)(F)F)cc2Cl)cc(CC(O)CO)c1[N+](=O)[O-]. The van der Waals surface area contributed by atoms with Crippen LogP contribution in [-0.4, -0.2) is 38.9 Å². The lowest BCUT2D eigenvalue weighted by Crippen LogP contribution is -2.17. The molecule has 12 heteroatoms. The first kappa shape index (κ1) is 22.4. The Morgan fingerprint density at radius 3 is 2.41 bits per heavy atom. The molecule has 0 aliphatic carbocycles. The first-order valence-corrected chi connectivity index (χ1v) is 8.20. The van der Waals surface area contributed by atoms with E-state index in [0.29, 0.717) is 12.1 Å². The number of rotatable bonds is 7. The van der Waals surface area contributed by atoms with E-state index < -0.39 is 58.0 Å². The minimum atomic E-state index is -4.64. The Morgan fingerprint density at radius 1 is 1.28 bits per heavy atom. The number of halogens is 4. The highest BCUT2D eigenvalue weighted by Gasteiger charge is 2.31. The van der Waals surface area contributed by atoms with Gasteiger partial charge in [-0.1, -0.05) is 11.6 Å². The molecule has 0 saturated carbocycles. The third-order valence-electron chi connectivity index (χ3n) is 3.73. The highest BCUT2D eigenvalue weighted by atomic mass is 35.5. The number of nitrogens with zero attached hydrogens (tertiary/aromatic N) is 1. The fourth-order valence-electron chi connectivity index (χ4n) is 2.46. The number of ether oxygens (including phenoxy) is 1. The molecule has 0 saturated heterocycles. The molecule has 0 spiro atoms. The number of hydrogen-bond acceptors (Lipinski definition) is 6. The van der Waals surface area contributed by atoms with Crippen molar-refractivity contribution >= 4 is 23.3 Å². The van der Waals surface area contributed by atoms with Crippen molar-refractivity contribution in [3.05, 3.63) is 62.2 Å². The maximum absolute atomic E-state index is 12.7. The molecular weight excluding hydrogens is 423 g/mol. The number of hydrogen-bond donors (Lipinski definition) is 3. The Bertz CT molecular complexity index is 949. The number of alkyl halides is 3. The molecule has 0 bridgehead atoms. The highest BCUT2D eigenvalue weighted by molar-refractivity contribution is 6.32. The van der Waals surface area contributed by atoms with Gasteiger partial charge in [-0.05, 0) is 24.3 Å². The van der Waals surface area contributed by atoms with Crippen molar-refractivity contribution < 1.29 is 42.9 Å². The summed E-state index contributed by atoms with van der Waals surface area (Å²) in [6, 6.07) is 4.06. The zero-order chi connectivity index (χ0) is 21.9. The van der Waals surface area contributed by atoms with E-state index in [1.807, 2.05) is 0 Å². The Balaban J connectivity index is 2.53. The molecule has 0 amide bonds. The molecule has 3 N–H and O–H groups in total. The number of nitro groups is 1. The van der Waals surface area contributed by atoms with Crippen molar-refractivity contribution in [1.82, 2.24) is 0 Å². The molecule has 0 heterocycles. The third-order valence-corrected chi connectivity index (χ3v) is 4.02. The standard InChI is InChI=1S/C17H13ClF3NO7/c18-13-5-9(17(19,20)21)1-2-14(13)29-11-4-8(3-10(24)7-23)15(22(27)28)12(6-11)16(25)26/h1-2,4-6,10,23-24H,3,7H2,(H,25,26). The van der Waals surface area contributed by atoms with Gasteiger partial charge < -0.3 is 20.1 Å². The molecule has 0 aliphatic rings. The maximum Gasteiger partial charge on any atom is 0.416 e. The van der Waals surface area contributed by atoms with E-state index in [2.05, 4.69) is 0 Å². The van der Waals surface area contributed by atoms with E-state index in [1.165, 1.54) is 0 Å². The molecule has 1 unspecified atom stereocenters. The average Bonchev–Trinajstić information content (AvgIpc) is 2.61. The van der Waals surface area contributed by atoms with Gasteiger partial charge in [-0.25, -0.2) is 4.79 Å². The normalized spacial score (nSPS) is 12.5. The van der Waals surface area contributed by atoms with Gasteiger partial charge in [-0.15, -0.1) is 0 Å². The van der Waals surface area contributed by atoms with E-state index in [1.54, 1.807) is 0 Å². The van der Waals surface area contributed by atoms with Gasteiger partial charge >= 0.3 is 12.1 Å². The predicted octanol–water partition coefficient (Wildman–Crippen LogP) is 3.65. The fraction of sp³-hybridized carbons (Fsp3) is 0.235. The van der Waals surface area contributed by atoms with Crippen LogP contribution in [0.4, 0.5) is 18.9 Å². The molecule has 0 aliphatic heterocycles. The lowest BCUT2D eigenvalue weighted by Gasteiger charge is -2.14. The largest absolute Gasteiger partial charge is 0.477 e. The Morgan fingerprint density at radius 2 is 1.93 bits per heavy atom. The first-order chi connectivity index (χ1) is 13.4. The van der Waals surface area contributed by atoms with Gasteiger partial charge in [-0.2, -0.15) is 13.2 Å². The summed E-state index contributed by atoms with van der Waals surface area (Å²) in [5, 5.41) is 38.7. The molecule has 8 nitrogen and oxygen atoms in total. The second-order valence-corrected chi connectivity index (χ2v) is 6.23. The number of nitro benzene ring substituents is 1. The topological polar surface area (TPSA) is 130 Å². The molecular formula is C17H13ClF3NO7. The zero-order valence-electron chi connectivity index (χ0n) is 14.3. The van der Waals surface area contributed by atoms with Crippen LogP contribution in [0.15, 0.2) is 30.3 Å². The number of carbonyl (C=O) groups is 1. The summed E-state index contributed by atoms with van der Waals surface area (Å²) in [6.45, 7) is -0.741. The zero-order valence-corrected chi connectivity index (χ0v) is 15.1. The van der Waals surface area contributed by atoms with E-state index in [4.69, 9.17) is 21.4 Å². The fourth-order valence-corrected chi connectivity index (χ4v) is 2.68. The average molecular weight is 436 g/mol. The molecule has 0 fully saturated rings. The van der Waals surface area contributed by atoms with Crippen molar-refractivity contribution in [2.75, 3.05) is 6.61 Å². The Hall–Kier alpha value is -2.89. The number of carboxylic acid groups (broad SMARTS) is 1. The second-order valence-electron chi connectivity index (χ2n) is 5.83. The van der Waals surface area contributed by atoms with Crippen LogP contribution >= 0.6 is 11.6 Å². The number of aromatic carboxylic acids is 1. The quantitative estimate of drug-likeness (QED) is 0.447. The van der Waals surface area contributed by atoms with Gasteiger partial charge in [-0.3, -0.25) is 10.1 Å². The molecule has 156 valence electrons. The Labute approximate surface area is 165 Å². The Kier molecular flexibility index (Phi) is 6.67. The lowest BCUT2D eigenvalue weighted by molar-refractivity contribution is -0.386. The van der Waals surface area contributed by atoms with Crippen molar-refractivity contribution in [2.45, 2.75) is 18.7 Å². The van der Waals surface area contributed by atoms with E-state index in [9.17, 15) is 38.3 Å². The van der Waals surface area contributed by atoms with Gasteiger partial charge in [0.25, 0.3) is 5.69 Å². The summed E-state index contributed by atoms with van der Waals surface area (Å²) in [5.74, 6) is -2.19. The molecule has 29 heavy (non-hydrogen) atoms. The van der Waals surface area contributed by atoms with Crippen molar-refractivity contribution in [1.29, 1.82) is 0 Å². The monoisotopic (exact) mass is 435 g/mol. The summed E-state index contributed by atoms with van der Waals surface area (Å²) >= 11 is 5.79. The summed E-state index contributed by atoms with van der Waals surface area (Å²) in [7, 11) is 0. The molecule has 1 atom stereocenters. The van der Waals surface area contributed by atoms with Crippen LogP contribution < -0.4 is 4.74 Å². The molecule has 2 aromatic rings. The lowest BCUT2D eigenvalue weighted by atomic mass is 10.0. The van der Waals surface area contributed by atoms with Crippen LogP contribution in [0.3, 0.4) is 0 Å². The number of carboxylic acids is 1. The third kappa shape index (κ3) is 5.34. The van der Waals surface area contributed by atoms with Crippen LogP contribution in [0.2, 0.25) is 5.02 Å². The van der Waals surface area contributed by atoms with Crippen molar-refractivity contribution in [3.63, 3.8) is 0 Å². The van der Waals surface area contributed by atoms with Crippen LogP contribution in [0.5, 0.6) is 11.5 Å². The van der Waals surface area contributed by atoms with Crippen molar-refractivity contribution in [2.24, 2.45) is 0 Å². The number of aliphatic hydroxyl groups excluding tert-OH is 2. The summed E-state index contributed by atoms with van der Waals surface area (Å²) in [4.78, 5) is 21.8. The molecule has 0 aromatic heterocycles. The predicted molar refractivity (Wildman–Crippen MR) is 93.4 cm³/mol. The minimum absolute atomic E-state index is 0.251. The van der Waals surface area contributed by atoms with E-state index in [-0.39, 0.29) is 17.1 Å². The van der Waals surface area contributed by atoms with E-state index >= 15 is 0 Å². The van der Waals surface area contributed by atoms with Gasteiger partial charge in [0.15, 0.2) is 0 Å². The highest BCUT2D eigenvalue weighted by Crippen LogP contribution is 2.38. The molecule has 2 rings (SSSR count). The van der Waals surface area contributed by atoms with Crippen LogP contribution in [0.25, 0.3) is 0 Å². The van der Waals surface area contributed by atoms with Gasteiger partial charge in [0.05, 0.1) is 28.2 Å². The summed E-state index contributed by atoms with van der Waals surface area (Å²) in [6.07, 6.45) is -6.52. The maximum atomic E-state index is 12.7. The summed E-state index contributed by atoms with van der Waals surface area (Å²) in [5.41, 5.74) is -2.86. The summed E-state index contributed by atoms with van der Waals surface area (Å²) < 4.78 is 43.5. The van der Waals surface area contributed by atoms with Crippen molar-refractivity contribution in [3.8, 4) is 11.5 Å². The van der Waals surface area contributed by atoms with Gasteiger partial charge in [0.1, 0.15) is 17.1 Å². The van der Waals surface area contributed by atoms with Crippen LogP contribution in [-0.2, 0) is 12.6 Å². The van der Waals surface area contributed by atoms with Crippen LogP contribution in [0, 0.1) is 10.1 Å². The molecule has 0 radical (unpaired) electrons.